The molecule has 18 heavy (non-hydrogen) atoms. The third kappa shape index (κ3) is 3.55. The highest BCUT2D eigenvalue weighted by atomic mass is 16.3. The van der Waals surface area contributed by atoms with Crippen molar-refractivity contribution in [3.8, 4) is 0 Å². The predicted molar refractivity (Wildman–Crippen MR) is 70.1 cm³/mol. The molecule has 0 saturated carbocycles. The van der Waals surface area contributed by atoms with Crippen molar-refractivity contribution in [2.24, 2.45) is 0 Å². The summed E-state index contributed by atoms with van der Waals surface area (Å²) in [7, 11) is 0. The number of rotatable bonds is 3. The first-order valence-corrected chi connectivity index (χ1v) is 6.51. The number of aliphatic hydroxyl groups is 1. The Labute approximate surface area is 107 Å². The first kappa shape index (κ1) is 13.1. The molecule has 4 nitrogen and oxygen atoms in total. The molecule has 1 aromatic rings. The highest BCUT2D eigenvalue weighted by Gasteiger charge is 2.21. The normalized spacial score (nSPS) is 21.9. The summed E-state index contributed by atoms with van der Waals surface area (Å²) in [5.74, 6) is -0.310. The predicted octanol–water partition coefficient (Wildman–Crippen LogP) is 0.978. The Morgan fingerprint density at radius 3 is 2.89 bits per heavy atom. The molecule has 98 valence electrons. The maximum atomic E-state index is 11.9. The molecule has 0 spiro atoms. The lowest BCUT2D eigenvalue weighted by Gasteiger charge is -2.19. The van der Waals surface area contributed by atoms with Crippen LogP contribution in [0.25, 0.3) is 0 Å². The van der Waals surface area contributed by atoms with E-state index in [0.717, 1.165) is 32.4 Å². The monoisotopic (exact) mass is 248 g/mol. The first-order chi connectivity index (χ1) is 8.77. The minimum absolute atomic E-state index is 0.123. The van der Waals surface area contributed by atoms with Gasteiger partial charge < -0.3 is 15.7 Å². The molecule has 2 atom stereocenters. The van der Waals surface area contributed by atoms with E-state index in [2.05, 4.69) is 10.6 Å². The van der Waals surface area contributed by atoms with E-state index >= 15 is 0 Å². The molecule has 0 radical (unpaired) electrons. The van der Waals surface area contributed by atoms with Crippen LogP contribution in [0.3, 0.4) is 0 Å². The van der Waals surface area contributed by atoms with E-state index in [4.69, 9.17) is 0 Å². The van der Waals surface area contributed by atoms with Gasteiger partial charge in [-0.1, -0.05) is 36.8 Å². The summed E-state index contributed by atoms with van der Waals surface area (Å²) in [6.45, 7) is 1.79. The molecular weight excluding hydrogens is 228 g/mol. The Kier molecular flexibility index (Phi) is 4.73. The average Bonchev–Trinajstić information content (AvgIpc) is 2.67. The minimum Gasteiger partial charge on any atom is -0.378 e. The number of amides is 1. The second kappa shape index (κ2) is 6.52. The van der Waals surface area contributed by atoms with Crippen molar-refractivity contribution in [3.05, 3.63) is 35.9 Å². The van der Waals surface area contributed by atoms with Gasteiger partial charge in [0.1, 0.15) is 0 Å². The molecule has 2 rings (SSSR count). The van der Waals surface area contributed by atoms with Crippen LogP contribution in [0, 0.1) is 0 Å². The summed E-state index contributed by atoms with van der Waals surface area (Å²) in [4.78, 5) is 11.9. The smallest absolute Gasteiger partial charge is 0.253 e. The second-order valence-corrected chi connectivity index (χ2v) is 4.72. The lowest BCUT2D eigenvalue weighted by atomic mass is 10.1. The van der Waals surface area contributed by atoms with Gasteiger partial charge in [0.2, 0.25) is 0 Å². The van der Waals surface area contributed by atoms with Crippen LogP contribution in [0.1, 0.15) is 30.9 Å². The van der Waals surface area contributed by atoms with Gasteiger partial charge in [0, 0.05) is 12.6 Å². The van der Waals surface area contributed by atoms with Gasteiger partial charge in [-0.25, -0.2) is 0 Å². The van der Waals surface area contributed by atoms with Gasteiger partial charge in [-0.3, -0.25) is 4.79 Å². The number of hydrogen-bond acceptors (Lipinski definition) is 3. The van der Waals surface area contributed by atoms with Crippen molar-refractivity contribution in [2.75, 3.05) is 13.1 Å². The number of nitrogens with one attached hydrogen (secondary N) is 2. The molecule has 1 aromatic carbocycles. The van der Waals surface area contributed by atoms with E-state index in [0.29, 0.717) is 5.56 Å². The molecule has 1 heterocycles. The molecule has 3 N–H and O–H groups in total. The summed E-state index contributed by atoms with van der Waals surface area (Å²) < 4.78 is 0. The maximum absolute atomic E-state index is 11.9. The molecule has 0 aliphatic carbocycles. The number of carbonyl (C=O) groups excluding carboxylic acids is 1. The van der Waals surface area contributed by atoms with E-state index in [-0.39, 0.29) is 11.9 Å². The summed E-state index contributed by atoms with van der Waals surface area (Å²) in [5.41, 5.74) is 0.636. The Bertz CT molecular complexity index is 373. The Hall–Kier alpha value is -1.39. The molecule has 2 unspecified atom stereocenters. The first-order valence-electron chi connectivity index (χ1n) is 6.51. The molecule has 1 saturated heterocycles. The lowest BCUT2D eigenvalue weighted by molar-refractivity contribution is -0.130. The maximum Gasteiger partial charge on any atom is 0.253 e. The Morgan fingerprint density at radius 1 is 1.33 bits per heavy atom. The average molecular weight is 248 g/mol. The Balaban J connectivity index is 1.90. The van der Waals surface area contributed by atoms with E-state index in [9.17, 15) is 9.90 Å². The van der Waals surface area contributed by atoms with Gasteiger partial charge in [0.15, 0.2) is 6.10 Å². The van der Waals surface area contributed by atoms with E-state index in [1.165, 1.54) is 0 Å². The van der Waals surface area contributed by atoms with Crippen molar-refractivity contribution in [2.45, 2.75) is 31.4 Å². The largest absolute Gasteiger partial charge is 0.378 e. The van der Waals surface area contributed by atoms with Gasteiger partial charge >= 0.3 is 0 Å². The molecule has 4 heteroatoms. The van der Waals surface area contributed by atoms with Crippen LogP contribution in [0.2, 0.25) is 0 Å². The van der Waals surface area contributed by atoms with Crippen molar-refractivity contribution >= 4 is 5.91 Å². The van der Waals surface area contributed by atoms with Crippen LogP contribution in [-0.4, -0.2) is 30.1 Å². The fraction of sp³-hybridized carbons (Fsp3) is 0.500. The topological polar surface area (TPSA) is 61.4 Å². The van der Waals surface area contributed by atoms with Crippen molar-refractivity contribution in [1.82, 2.24) is 10.6 Å². The van der Waals surface area contributed by atoms with Crippen molar-refractivity contribution in [3.63, 3.8) is 0 Å². The molecule has 0 aromatic heterocycles. The number of carbonyl (C=O) groups is 1. The zero-order chi connectivity index (χ0) is 12.8. The fourth-order valence-electron chi connectivity index (χ4n) is 2.21. The zero-order valence-electron chi connectivity index (χ0n) is 10.4. The van der Waals surface area contributed by atoms with Crippen LogP contribution in [0.15, 0.2) is 30.3 Å². The third-order valence-electron chi connectivity index (χ3n) is 3.26. The van der Waals surface area contributed by atoms with E-state index in [1.54, 1.807) is 12.1 Å². The summed E-state index contributed by atoms with van der Waals surface area (Å²) in [6, 6.07) is 9.14. The van der Waals surface area contributed by atoms with Crippen LogP contribution >= 0.6 is 0 Å². The van der Waals surface area contributed by atoms with E-state index < -0.39 is 6.10 Å². The number of benzene rings is 1. The number of hydrogen-bond donors (Lipinski definition) is 3. The molecular formula is C14H20N2O2. The van der Waals surface area contributed by atoms with Crippen molar-refractivity contribution < 1.29 is 9.90 Å². The van der Waals surface area contributed by atoms with Gasteiger partial charge in [-0.2, -0.15) is 0 Å². The summed E-state index contributed by atoms with van der Waals surface area (Å²) >= 11 is 0. The second-order valence-electron chi connectivity index (χ2n) is 4.72. The zero-order valence-corrected chi connectivity index (χ0v) is 10.4. The summed E-state index contributed by atoms with van der Waals surface area (Å²) in [5, 5.41) is 16.1. The molecule has 1 amide bonds. The van der Waals surface area contributed by atoms with Crippen molar-refractivity contribution in [1.29, 1.82) is 0 Å². The minimum atomic E-state index is -1.07. The molecule has 0 bridgehead atoms. The SMILES string of the molecule is O=C(NC1CCCCNC1)C(O)c1ccccc1. The molecule has 1 aliphatic heterocycles. The van der Waals surface area contributed by atoms with Crippen LogP contribution in [0.5, 0.6) is 0 Å². The standard InChI is InChI=1S/C14H20N2O2/c17-13(11-6-2-1-3-7-11)14(18)16-12-8-4-5-9-15-10-12/h1-3,6-7,12-13,15,17H,4-5,8-10H2,(H,16,18). The Morgan fingerprint density at radius 2 is 2.11 bits per heavy atom. The van der Waals surface area contributed by atoms with E-state index in [1.807, 2.05) is 18.2 Å². The number of aliphatic hydroxyl groups excluding tert-OH is 1. The fourth-order valence-corrected chi connectivity index (χ4v) is 2.21. The van der Waals surface area contributed by atoms with Gasteiger partial charge in [-0.05, 0) is 24.9 Å². The lowest BCUT2D eigenvalue weighted by Crippen LogP contribution is -2.43. The van der Waals surface area contributed by atoms with Gasteiger partial charge in [0.25, 0.3) is 5.91 Å². The van der Waals surface area contributed by atoms with Crippen LogP contribution < -0.4 is 10.6 Å². The quantitative estimate of drug-likeness (QED) is 0.747. The van der Waals surface area contributed by atoms with Gasteiger partial charge in [-0.15, -0.1) is 0 Å². The van der Waals surface area contributed by atoms with Crippen LogP contribution in [0.4, 0.5) is 0 Å². The van der Waals surface area contributed by atoms with Crippen LogP contribution in [-0.2, 0) is 4.79 Å². The highest BCUT2D eigenvalue weighted by Crippen LogP contribution is 2.13. The molecule has 1 fully saturated rings. The third-order valence-corrected chi connectivity index (χ3v) is 3.26. The molecule has 1 aliphatic rings. The van der Waals surface area contributed by atoms with Gasteiger partial charge in [0.05, 0.1) is 0 Å². The highest BCUT2D eigenvalue weighted by molar-refractivity contribution is 5.82. The summed E-state index contributed by atoms with van der Waals surface area (Å²) in [6.07, 6.45) is 2.15.